The third-order valence-electron chi connectivity index (χ3n) is 3.21. The van der Waals surface area contributed by atoms with Gasteiger partial charge in [-0.2, -0.15) is 0 Å². The molecular weight excluding hydrogens is 291 g/mol. The normalized spacial score (nSPS) is 10.3. The molecule has 0 heterocycles. The van der Waals surface area contributed by atoms with E-state index in [2.05, 4.69) is 5.32 Å². The minimum absolute atomic E-state index is 0.0191. The summed E-state index contributed by atoms with van der Waals surface area (Å²) >= 11 is 5.69. The van der Waals surface area contributed by atoms with Gasteiger partial charge in [-0.3, -0.25) is 0 Å². The number of hydrogen-bond acceptors (Lipinski definition) is 1. The summed E-state index contributed by atoms with van der Waals surface area (Å²) in [6.07, 6.45) is 0. The Hall–Kier alpha value is -2.07. The molecule has 110 valence electrons. The molecule has 0 aromatic heterocycles. The second kappa shape index (κ2) is 6.59. The monoisotopic (exact) mass is 306 g/mol. The average Bonchev–Trinajstić information content (AvgIpc) is 2.46. The summed E-state index contributed by atoms with van der Waals surface area (Å²) < 4.78 is 13.8. The Kier molecular flexibility index (Phi) is 4.81. The minimum Gasteiger partial charge on any atom is -0.323 e. The predicted octanol–water partition coefficient (Wildman–Crippen LogP) is 4.45. The fraction of sp³-hybridized carbons (Fsp3) is 0.188. The summed E-state index contributed by atoms with van der Waals surface area (Å²) in [5.74, 6) is -0.628. The predicted molar refractivity (Wildman–Crippen MR) is 83.1 cm³/mol. The van der Waals surface area contributed by atoms with Crippen LogP contribution in [0.25, 0.3) is 0 Å². The lowest BCUT2D eigenvalue weighted by molar-refractivity contribution is 0.220. The molecule has 21 heavy (non-hydrogen) atoms. The van der Waals surface area contributed by atoms with Crippen molar-refractivity contribution in [3.63, 3.8) is 0 Å². The Balaban J connectivity index is 2.06. The third kappa shape index (κ3) is 3.73. The maximum atomic E-state index is 13.8. The number of nitrogens with zero attached hydrogens (tertiary/aromatic N) is 1. The van der Waals surface area contributed by atoms with Gasteiger partial charge in [-0.25, -0.2) is 9.18 Å². The lowest BCUT2D eigenvalue weighted by Gasteiger charge is -2.19. The Morgan fingerprint density at radius 1 is 1.24 bits per heavy atom. The molecule has 2 aromatic carbocycles. The van der Waals surface area contributed by atoms with E-state index >= 15 is 0 Å². The van der Waals surface area contributed by atoms with Gasteiger partial charge in [-0.15, -0.1) is 0 Å². The van der Waals surface area contributed by atoms with Crippen LogP contribution in [0.1, 0.15) is 11.1 Å². The van der Waals surface area contributed by atoms with Gasteiger partial charge >= 0.3 is 6.03 Å². The number of rotatable bonds is 3. The second-order valence-corrected chi connectivity index (χ2v) is 5.22. The zero-order valence-electron chi connectivity index (χ0n) is 11.9. The number of aryl methyl sites for hydroxylation is 1. The van der Waals surface area contributed by atoms with Crippen LogP contribution in [0.3, 0.4) is 0 Å². The molecule has 1 N–H and O–H groups in total. The largest absolute Gasteiger partial charge is 0.323 e. The topological polar surface area (TPSA) is 32.3 Å². The fourth-order valence-electron chi connectivity index (χ4n) is 1.93. The number of nitrogens with one attached hydrogen (secondary N) is 1. The molecule has 0 spiro atoms. The van der Waals surface area contributed by atoms with Crippen LogP contribution in [0.15, 0.2) is 42.5 Å². The van der Waals surface area contributed by atoms with E-state index in [0.717, 1.165) is 11.1 Å². The first-order valence-corrected chi connectivity index (χ1v) is 6.87. The van der Waals surface area contributed by atoms with Gasteiger partial charge in [0.1, 0.15) is 0 Å². The molecule has 0 radical (unpaired) electrons. The molecule has 5 heteroatoms. The van der Waals surface area contributed by atoms with Crippen LogP contribution in [0.5, 0.6) is 0 Å². The first-order chi connectivity index (χ1) is 9.99. The molecule has 2 amide bonds. The maximum absolute atomic E-state index is 13.8. The molecule has 2 aromatic rings. The standard InChI is InChI=1S/C16H16ClFN2O/c1-11-6-3-4-7-12(11)10-20(2)16(21)19-14-9-5-8-13(17)15(14)18/h3-9H,10H2,1-2H3,(H,19,21). The molecule has 0 saturated heterocycles. The number of amides is 2. The summed E-state index contributed by atoms with van der Waals surface area (Å²) in [5.41, 5.74) is 2.22. The van der Waals surface area contributed by atoms with E-state index in [1.807, 2.05) is 31.2 Å². The van der Waals surface area contributed by atoms with Gasteiger partial charge in [-0.1, -0.05) is 41.9 Å². The Labute approximate surface area is 128 Å². The van der Waals surface area contributed by atoms with E-state index in [1.54, 1.807) is 13.1 Å². The third-order valence-corrected chi connectivity index (χ3v) is 3.50. The summed E-state index contributed by atoms with van der Waals surface area (Å²) in [4.78, 5) is 13.6. The van der Waals surface area contributed by atoms with E-state index in [1.165, 1.54) is 17.0 Å². The highest BCUT2D eigenvalue weighted by atomic mass is 35.5. The van der Waals surface area contributed by atoms with Gasteiger partial charge in [0.2, 0.25) is 0 Å². The van der Waals surface area contributed by atoms with Crippen molar-refractivity contribution in [1.29, 1.82) is 0 Å². The number of urea groups is 1. The van der Waals surface area contributed by atoms with Gasteiger partial charge < -0.3 is 10.2 Å². The highest BCUT2D eigenvalue weighted by Crippen LogP contribution is 2.22. The van der Waals surface area contributed by atoms with E-state index in [0.29, 0.717) is 6.54 Å². The summed E-state index contributed by atoms with van der Waals surface area (Å²) in [6.45, 7) is 2.43. The first-order valence-electron chi connectivity index (χ1n) is 6.49. The van der Waals surface area contributed by atoms with Gasteiger partial charge in [0.15, 0.2) is 5.82 Å². The van der Waals surface area contributed by atoms with Crippen molar-refractivity contribution in [1.82, 2.24) is 4.90 Å². The van der Waals surface area contributed by atoms with Crippen LogP contribution >= 0.6 is 11.6 Å². The first kappa shape index (κ1) is 15.3. The van der Waals surface area contributed by atoms with Crippen LogP contribution in [-0.4, -0.2) is 18.0 Å². The molecular formula is C16H16ClFN2O. The van der Waals surface area contributed by atoms with Crippen molar-refractivity contribution >= 4 is 23.3 Å². The fourth-order valence-corrected chi connectivity index (χ4v) is 2.10. The molecule has 0 saturated carbocycles. The van der Waals surface area contributed by atoms with E-state index in [9.17, 15) is 9.18 Å². The zero-order chi connectivity index (χ0) is 15.4. The Morgan fingerprint density at radius 2 is 1.95 bits per heavy atom. The molecule has 0 fully saturated rings. The molecule has 0 aliphatic heterocycles. The van der Waals surface area contributed by atoms with Crippen molar-refractivity contribution < 1.29 is 9.18 Å². The molecule has 0 bridgehead atoms. The molecule has 2 rings (SSSR count). The number of hydrogen-bond donors (Lipinski definition) is 1. The van der Waals surface area contributed by atoms with Gasteiger partial charge in [0.25, 0.3) is 0 Å². The SMILES string of the molecule is Cc1ccccc1CN(C)C(=O)Nc1cccc(Cl)c1F. The van der Waals surface area contributed by atoms with Crippen LogP contribution in [0.2, 0.25) is 5.02 Å². The van der Waals surface area contributed by atoms with Crippen molar-refractivity contribution in [3.05, 3.63) is 64.4 Å². The second-order valence-electron chi connectivity index (χ2n) is 4.81. The summed E-state index contributed by atoms with van der Waals surface area (Å²) in [6, 6.07) is 11.9. The Bertz CT molecular complexity index is 660. The smallest absolute Gasteiger partial charge is 0.321 e. The number of halogens is 2. The summed E-state index contributed by atoms with van der Waals surface area (Å²) in [7, 11) is 1.66. The molecule has 0 unspecified atom stereocenters. The minimum atomic E-state index is -0.628. The van der Waals surface area contributed by atoms with Crippen molar-refractivity contribution in [2.75, 3.05) is 12.4 Å². The number of benzene rings is 2. The van der Waals surface area contributed by atoms with Crippen LogP contribution in [0, 0.1) is 12.7 Å². The van der Waals surface area contributed by atoms with Crippen molar-refractivity contribution in [2.45, 2.75) is 13.5 Å². The van der Waals surface area contributed by atoms with Crippen LogP contribution in [-0.2, 0) is 6.54 Å². The molecule has 3 nitrogen and oxygen atoms in total. The van der Waals surface area contributed by atoms with Crippen LogP contribution in [0.4, 0.5) is 14.9 Å². The van der Waals surface area contributed by atoms with Crippen molar-refractivity contribution in [2.24, 2.45) is 0 Å². The summed E-state index contributed by atoms with van der Waals surface area (Å²) in [5, 5.41) is 2.50. The van der Waals surface area contributed by atoms with Gasteiger partial charge in [-0.05, 0) is 30.2 Å². The quantitative estimate of drug-likeness (QED) is 0.892. The number of carbonyl (C=O) groups excluding carboxylic acids is 1. The van der Waals surface area contributed by atoms with E-state index in [4.69, 9.17) is 11.6 Å². The number of anilines is 1. The zero-order valence-corrected chi connectivity index (χ0v) is 12.6. The van der Waals surface area contributed by atoms with Crippen molar-refractivity contribution in [3.8, 4) is 0 Å². The highest BCUT2D eigenvalue weighted by molar-refractivity contribution is 6.31. The molecule has 0 aliphatic carbocycles. The van der Waals surface area contributed by atoms with E-state index < -0.39 is 5.82 Å². The molecule has 0 atom stereocenters. The molecule has 0 aliphatic rings. The maximum Gasteiger partial charge on any atom is 0.321 e. The van der Waals surface area contributed by atoms with Gasteiger partial charge in [0.05, 0.1) is 10.7 Å². The van der Waals surface area contributed by atoms with Gasteiger partial charge in [0, 0.05) is 13.6 Å². The Morgan fingerprint density at radius 3 is 2.67 bits per heavy atom. The lowest BCUT2D eigenvalue weighted by atomic mass is 10.1. The average molecular weight is 307 g/mol. The number of carbonyl (C=O) groups is 1. The highest BCUT2D eigenvalue weighted by Gasteiger charge is 2.13. The lowest BCUT2D eigenvalue weighted by Crippen LogP contribution is -2.31. The van der Waals surface area contributed by atoms with Crippen LogP contribution < -0.4 is 5.32 Å². The van der Waals surface area contributed by atoms with E-state index in [-0.39, 0.29) is 16.7 Å².